The summed E-state index contributed by atoms with van der Waals surface area (Å²) in [6, 6.07) is 10.9. The monoisotopic (exact) mass is 398 g/mol. The van der Waals surface area contributed by atoms with E-state index in [0.29, 0.717) is 0 Å². The van der Waals surface area contributed by atoms with Gasteiger partial charge in [-0.25, -0.2) is 11.6 Å². The predicted octanol–water partition coefficient (Wildman–Crippen LogP) is 6.10. The Bertz CT molecular complexity index is 594. The van der Waals surface area contributed by atoms with Crippen molar-refractivity contribution < 1.29 is 26.2 Å². The molecule has 2 aromatic carbocycles. The van der Waals surface area contributed by atoms with Crippen LogP contribution in [0.4, 0.5) is 0 Å². The molecule has 0 spiro atoms. The van der Waals surface area contributed by atoms with Crippen LogP contribution in [-0.2, 0) is 26.2 Å². The molecule has 0 N–H and O–H groups in total. The van der Waals surface area contributed by atoms with Crippen molar-refractivity contribution in [2.45, 2.75) is 33.6 Å². The van der Waals surface area contributed by atoms with Crippen molar-refractivity contribution in [2.75, 3.05) is 0 Å². The first-order valence-corrected chi connectivity index (χ1v) is 6.59. The number of benzene rings is 1. The van der Waals surface area contributed by atoms with Gasteiger partial charge < -0.3 is 0 Å². The van der Waals surface area contributed by atoms with E-state index in [-0.39, 0.29) is 51.0 Å². The van der Waals surface area contributed by atoms with Gasteiger partial charge in [0.05, 0.1) is 0 Å². The summed E-state index contributed by atoms with van der Waals surface area (Å²) in [6.07, 6.45) is 9.65. The van der Waals surface area contributed by atoms with E-state index in [1.807, 2.05) is 0 Å². The normalized spacial score (nSPS) is 11.5. The molecule has 0 fully saturated rings. The van der Waals surface area contributed by atoms with Crippen LogP contribution < -0.4 is 0 Å². The topological polar surface area (TPSA) is 0 Å². The summed E-state index contributed by atoms with van der Waals surface area (Å²) < 4.78 is 0. The summed E-state index contributed by atoms with van der Waals surface area (Å²) in [5.41, 5.74) is 4.07. The van der Waals surface area contributed by atoms with Gasteiger partial charge in [-0.3, -0.25) is 6.08 Å². The third kappa shape index (κ3) is 6.60. The molecule has 0 radical (unpaired) electrons. The quantitative estimate of drug-likeness (QED) is 0.507. The van der Waals surface area contributed by atoms with Crippen LogP contribution in [0.25, 0.3) is 10.8 Å². The van der Waals surface area contributed by atoms with E-state index < -0.39 is 0 Å². The summed E-state index contributed by atoms with van der Waals surface area (Å²) in [5.74, 6) is 0. The zero-order valence-electron chi connectivity index (χ0n) is 12.8. The van der Waals surface area contributed by atoms with Gasteiger partial charge in [0, 0.05) is 0 Å². The second kappa shape index (κ2) is 11.4. The van der Waals surface area contributed by atoms with Gasteiger partial charge in [0.1, 0.15) is 0 Å². The molecule has 0 atom stereocenters. The van der Waals surface area contributed by atoms with Crippen molar-refractivity contribution in [1.29, 1.82) is 0 Å². The third-order valence-electron chi connectivity index (χ3n) is 3.29. The van der Waals surface area contributed by atoms with E-state index in [9.17, 15) is 0 Å². The van der Waals surface area contributed by atoms with E-state index in [0.717, 1.165) is 12.8 Å². The fourth-order valence-electron chi connectivity index (χ4n) is 2.18. The van der Waals surface area contributed by atoms with E-state index in [1.165, 1.54) is 27.5 Å². The molecule has 0 heterocycles. The molecule has 0 aliphatic heterocycles. The minimum atomic E-state index is 0. The Morgan fingerprint density at radius 2 is 1.90 bits per heavy atom. The minimum absolute atomic E-state index is 0. The second-order valence-corrected chi connectivity index (χ2v) is 4.77. The molecule has 0 aromatic heterocycles. The van der Waals surface area contributed by atoms with Gasteiger partial charge in [-0.2, -0.15) is 18.2 Å². The fourth-order valence-corrected chi connectivity index (χ4v) is 2.18. The van der Waals surface area contributed by atoms with Gasteiger partial charge in [-0.1, -0.05) is 25.8 Å². The van der Waals surface area contributed by atoms with Crippen molar-refractivity contribution in [3.8, 4) is 0 Å². The van der Waals surface area contributed by atoms with Gasteiger partial charge in [0.25, 0.3) is 0 Å². The van der Waals surface area contributed by atoms with Crippen LogP contribution in [0, 0.1) is 19.9 Å². The molecule has 0 bridgehead atoms. The first-order chi connectivity index (χ1) is 8.70. The summed E-state index contributed by atoms with van der Waals surface area (Å²) in [7, 11) is 0. The molecular formula is C18H22Cl2Zr. The summed E-state index contributed by atoms with van der Waals surface area (Å²) in [5, 5.41) is 2.75. The zero-order chi connectivity index (χ0) is 13.0. The molecule has 0 saturated carbocycles. The van der Waals surface area contributed by atoms with Crippen LogP contribution in [0.5, 0.6) is 0 Å². The second-order valence-electron chi connectivity index (χ2n) is 4.77. The first kappa shape index (κ1) is 23.0. The van der Waals surface area contributed by atoms with Crippen molar-refractivity contribution in [2.24, 2.45) is 0 Å². The van der Waals surface area contributed by atoms with E-state index in [1.54, 1.807) is 0 Å². The fraction of sp³-hybridized carbons (Fsp3) is 0.278. The molecule has 0 saturated heterocycles. The Hall–Kier alpha value is -0.227. The largest absolute Gasteiger partial charge is 2.00 e. The van der Waals surface area contributed by atoms with E-state index in [2.05, 4.69) is 69.3 Å². The first-order valence-electron chi connectivity index (χ1n) is 6.59. The number of hydrogen-bond acceptors (Lipinski definition) is 0. The summed E-state index contributed by atoms with van der Waals surface area (Å²) in [6.45, 7) is 6.43. The number of hydrogen-bond donors (Lipinski definition) is 0. The van der Waals surface area contributed by atoms with Crippen LogP contribution in [-0.4, -0.2) is 0 Å². The molecule has 3 rings (SSSR count). The molecular weight excluding hydrogens is 378 g/mol. The molecule has 2 aromatic rings. The number of aryl methyl sites for hydroxylation is 2. The maximum atomic E-state index is 3.21. The van der Waals surface area contributed by atoms with Crippen LogP contribution in [0.1, 0.15) is 30.9 Å². The summed E-state index contributed by atoms with van der Waals surface area (Å²) in [4.78, 5) is 0. The molecule has 1 aliphatic carbocycles. The van der Waals surface area contributed by atoms with Crippen molar-refractivity contribution in [3.63, 3.8) is 0 Å². The van der Waals surface area contributed by atoms with Crippen LogP contribution in [0.3, 0.4) is 0 Å². The van der Waals surface area contributed by atoms with Crippen molar-refractivity contribution in [1.82, 2.24) is 0 Å². The van der Waals surface area contributed by atoms with Crippen LogP contribution in [0.15, 0.2) is 48.1 Å². The van der Waals surface area contributed by atoms with Crippen LogP contribution in [0.2, 0.25) is 0 Å². The Balaban J connectivity index is 0. The molecule has 0 unspecified atom stereocenters. The van der Waals surface area contributed by atoms with E-state index >= 15 is 0 Å². The molecule has 1 aliphatic rings. The van der Waals surface area contributed by atoms with Gasteiger partial charge in [0.2, 0.25) is 0 Å². The SMILES string of the molecule is CCC1=[C-]CC=C1.Cc1ccc2c(cc[c-]2C)c1.Cl.Cl.[Zr+2]. The Morgan fingerprint density at radius 3 is 2.43 bits per heavy atom. The maximum Gasteiger partial charge on any atom is 2.00 e. The molecule has 0 nitrogen and oxygen atoms in total. The molecule has 0 amide bonds. The Kier molecular flexibility index (Phi) is 12.5. The van der Waals surface area contributed by atoms with Gasteiger partial charge in [0.15, 0.2) is 0 Å². The van der Waals surface area contributed by atoms with E-state index in [4.69, 9.17) is 0 Å². The number of fused-ring (bicyclic) bond motifs is 1. The standard InChI is InChI=1S/C11H11.C7H9.2ClH.Zr/c1-8-3-6-11-9(2)4-5-10(11)7-8;1-2-7-5-3-4-6-7;;;/h3-7H,1-2H3;3,5H,2,4H2,1H3;2*1H;/q2*-1;;;+2. The van der Waals surface area contributed by atoms with Crippen molar-refractivity contribution >= 4 is 35.6 Å². The van der Waals surface area contributed by atoms with Gasteiger partial charge in [-0.15, -0.1) is 65.8 Å². The van der Waals surface area contributed by atoms with Gasteiger partial charge in [-0.05, 0) is 6.92 Å². The van der Waals surface area contributed by atoms with Crippen LogP contribution >= 0.6 is 24.8 Å². The average molecular weight is 401 g/mol. The minimum Gasteiger partial charge on any atom is -0.270 e. The average Bonchev–Trinajstić information content (AvgIpc) is 3.00. The Morgan fingerprint density at radius 1 is 1.19 bits per heavy atom. The van der Waals surface area contributed by atoms with Crippen molar-refractivity contribution in [3.05, 3.63) is 65.3 Å². The maximum absolute atomic E-state index is 3.21. The Labute approximate surface area is 160 Å². The predicted molar refractivity (Wildman–Crippen MR) is 94.3 cm³/mol. The smallest absolute Gasteiger partial charge is 0.270 e. The molecule has 21 heavy (non-hydrogen) atoms. The zero-order valence-corrected chi connectivity index (χ0v) is 16.9. The number of halogens is 2. The summed E-state index contributed by atoms with van der Waals surface area (Å²) >= 11 is 0. The molecule has 3 heteroatoms. The third-order valence-corrected chi connectivity index (χ3v) is 3.29. The number of rotatable bonds is 1. The molecule has 112 valence electrons. The number of allylic oxidation sites excluding steroid dienone is 4. The van der Waals surface area contributed by atoms with Gasteiger partial charge >= 0.3 is 26.2 Å².